The van der Waals surface area contributed by atoms with E-state index in [1.54, 1.807) is 13.0 Å². The fourth-order valence-corrected chi connectivity index (χ4v) is 1.72. The molecule has 96 valence electrons. The summed E-state index contributed by atoms with van der Waals surface area (Å²) in [5.41, 5.74) is 7.11. The summed E-state index contributed by atoms with van der Waals surface area (Å²) in [5, 5.41) is 18.7. The van der Waals surface area contributed by atoms with E-state index in [2.05, 4.69) is 0 Å². The van der Waals surface area contributed by atoms with Crippen molar-refractivity contribution >= 4 is 18.4 Å². The first-order chi connectivity index (χ1) is 7.47. The number of hydrogen-bond donors (Lipinski definition) is 3. The molecule has 0 saturated carbocycles. The van der Waals surface area contributed by atoms with Crippen molar-refractivity contribution < 1.29 is 15.0 Å². The van der Waals surface area contributed by atoms with Gasteiger partial charge in [0.25, 0.3) is 0 Å². The predicted molar refractivity (Wildman–Crippen MR) is 68.9 cm³/mol. The van der Waals surface area contributed by atoms with Gasteiger partial charge in [0.2, 0.25) is 0 Å². The lowest BCUT2D eigenvalue weighted by atomic mass is 9.97. The standard InChI is InChI=1S/C12H17NO3.ClH/c1-3-4-10(13)8-5-7(2)6-9(11(8)14)12(15)16;/h5-6,10,14H,3-4,13H2,1-2H3,(H,15,16);1H/t10-;/m0./s1. The molecule has 0 radical (unpaired) electrons. The molecule has 0 heterocycles. The third-order valence-corrected chi connectivity index (χ3v) is 2.51. The Bertz CT molecular complexity index is 407. The molecule has 0 unspecified atom stereocenters. The first kappa shape index (κ1) is 15.7. The summed E-state index contributed by atoms with van der Waals surface area (Å²) in [5.74, 6) is -1.34. The van der Waals surface area contributed by atoms with E-state index >= 15 is 0 Å². The molecule has 5 heteroatoms. The van der Waals surface area contributed by atoms with Gasteiger partial charge in [-0.2, -0.15) is 0 Å². The summed E-state index contributed by atoms with van der Waals surface area (Å²) < 4.78 is 0. The zero-order valence-electron chi connectivity index (χ0n) is 9.93. The van der Waals surface area contributed by atoms with Gasteiger partial charge in [0.1, 0.15) is 11.3 Å². The monoisotopic (exact) mass is 259 g/mol. The van der Waals surface area contributed by atoms with Crippen molar-refractivity contribution in [1.29, 1.82) is 0 Å². The summed E-state index contributed by atoms with van der Waals surface area (Å²) in [4.78, 5) is 10.9. The third kappa shape index (κ3) is 3.61. The number of halogens is 1. The van der Waals surface area contributed by atoms with E-state index in [1.807, 2.05) is 6.92 Å². The molecule has 17 heavy (non-hydrogen) atoms. The summed E-state index contributed by atoms with van der Waals surface area (Å²) in [6, 6.07) is 2.87. The van der Waals surface area contributed by atoms with Crippen LogP contribution in [-0.4, -0.2) is 16.2 Å². The molecular weight excluding hydrogens is 242 g/mol. The number of aryl methyl sites for hydroxylation is 1. The number of rotatable bonds is 4. The highest BCUT2D eigenvalue weighted by molar-refractivity contribution is 5.91. The number of carboxylic acids is 1. The summed E-state index contributed by atoms with van der Waals surface area (Å²) in [6.45, 7) is 3.78. The minimum atomic E-state index is -1.13. The Labute approximate surface area is 107 Å². The zero-order chi connectivity index (χ0) is 12.3. The molecule has 1 aromatic carbocycles. The normalized spacial score (nSPS) is 11.7. The Morgan fingerprint density at radius 2 is 2.06 bits per heavy atom. The molecule has 4 nitrogen and oxygen atoms in total. The molecule has 1 rings (SSSR count). The highest BCUT2D eigenvalue weighted by Gasteiger charge is 2.18. The molecule has 0 aromatic heterocycles. The van der Waals surface area contributed by atoms with Gasteiger partial charge in [-0.05, 0) is 25.0 Å². The van der Waals surface area contributed by atoms with Crippen molar-refractivity contribution in [2.24, 2.45) is 5.73 Å². The van der Waals surface area contributed by atoms with Crippen molar-refractivity contribution in [2.45, 2.75) is 32.7 Å². The number of aromatic hydroxyl groups is 1. The molecule has 0 saturated heterocycles. The highest BCUT2D eigenvalue weighted by Crippen LogP contribution is 2.30. The van der Waals surface area contributed by atoms with Crippen LogP contribution in [0.4, 0.5) is 0 Å². The smallest absolute Gasteiger partial charge is 0.339 e. The lowest BCUT2D eigenvalue weighted by Gasteiger charge is -2.15. The van der Waals surface area contributed by atoms with E-state index in [-0.39, 0.29) is 29.8 Å². The molecule has 0 spiro atoms. The van der Waals surface area contributed by atoms with Crippen LogP contribution in [0.2, 0.25) is 0 Å². The molecule has 0 fully saturated rings. The van der Waals surface area contributed by atoms with Gasteiger partial charge in [-0.25, -0.2) is 4.79 Å². The second-order valence-corrected chi connectivity index (χ2v) is 3.95. The maximum atomic E-state index is 10.9. The maximum absolute atomic E-state index is 10.9. The maximum Gasteiger partial charge on any atom is 0.339 e. The number of carboxylic acid groups (broad SMARTS) is 1. The number of aromatic carboxylic acids is 1. The lowest BCUT2D eigenvalue weighted by molar-refractivity contribution is 0.0693. The van der Waals surface area contributed by atoms with Crippen LogP contribution >= 0.6 is 12.4 Å². The Hall–Kier alpha value is -1.26. The lowest BCUT2D eigenvalue weighted by Crippen LogP contribution is -2.12. The molecule has 0 aliphatic carbocycles. The van der Waals surface area contributed by atoms with Gasteiger partial charge in [-0.1, -0.05) is 19.4 Å². The molecule has 1 aromatic rings. The van der Waals surface area contributed by atoms with E-state index in [9.17, 15) is 9.90 Å². The number of benzene rings is 1. The summed E-state index contributed by atoms with van der Waals surface area (Å²) in [6.07, 6.45) is 1.60. The fourth-order valence-electron chi connectivity index (χ4n) is 1.72. The van der Waals surface area contributed by atoms with Crippen LogP contribution in [0.15, 0.2) is 12.1 Å². The fraction of sp³-hybridized carbons (Fsp3) is 0.417. The third-order valence-electron chi connectivity index (χ3n) is 2.51. The van der Waals surface area contributed by atoms with E-state index in [0.29, 0.717) is 5.56 Å². The average Bonchev–Trinajstić information content (AvgIpc) is 2.20. The van der Waals surface area contributed by atoms with Gasteiger partial charge >= 0.3 is 5.97 Å². The van der Waals surface area contributed by atoms with Gasteiger partial charge in [0.05, 0.1) is 0 Å². The number of phenols is 1. The van der Waals surface area contributed by atoms with Crippen molar-refractivity contribution in [3.05, 3.63) is 28.8 Å². The second kappa shape index (κ2) is 6.47. The summed E-state index contributed by atoms with van der Waals surface area (Å²) >= 11 is 0. The van der Waals surface area contributed by atoms with E-state index < -0.39 is 5.97 Å². The van der Waals surface area contributed by atoms with Crippen LogP contribution in [-0.2, 0) is 0 Å². The first-order valence-corrected chi connectivity index (χ1v) is 5.29. The SMILES string of the molecule is CCC[C@H](N)c1cc(C)cc(C(=O)O)c1O.Cl. The Kier molecular flexibility index (Phi) is 5.99. The van der Waals surface area contributed by atoms with Crippen molar-refractivity contribution in [1.82, 2.24) is 0 Å². The van der Waals surface area contributed by atoms with E-state index in [0.717, 1.165) is 18.4 Å². The second-order valence-electron chi connectivity index (χ2n) is 3.95. The number of hydrogen-bond acceptors (Lipinski definition) is 3. The van der Waals surface area contributed by atoms with Gasteiger partial charge in [0.15, 0.2) is 0 Å². The average molecular weight is 260 g/mol. The van der Waals surface area contributed by atoms with Crippen molar-refractivity contribution in [3.63, 3.8) is 0 Å². The van der Waals surface area contributed by atoms with Gasteiger partial charge in [0, 0.05) is 11.6 Å². The Morgan fingerprint density at radius 3 is 2.53 bits per heavy atom. The van der Waals surface area contributed by atoms with Crippen LogP contribution in [0.3, 0.4) is 0 Å². The zero-order valence-corrected chi connectivity index (χ0v) is 10.8. The molecule has 0 aliphatic rings. The van der Waals surface area contributed by atoms with Gasteiger partial charge in [-0.3, -0.25) is 0 Å². The van der Waals surface area contributed by atoms with Crippen LogP contribution < -0.4 is 5.73 Å². The van der Waals surface area contributed by atoms with Crippen LogP contribution in [0, 0.1) is 6.92 Å². The highest BCUT2D eigenvalue weighted by atomic mass is 35.5. The van der Waals surface area contributed by atoms with Gasteiger partial charge < -0.3 is 15.9 Å². The Morgan fingerprint density at radius 1 is 1.47 bits per heavy atom. The largest absolute Gasteiger partial charge is 0.507 e. The van der Waals surface area contributed by atoms with Crippen molar-refractivity contribution in [3.8, 4) is 5.75 Å². The molecule has 4 N–H and O–H groups in total. The molecule has 0 amide bonds. The molecule has 0 bridgehead atoms. The van der Waals surface area contributed by atoms with Crippen LogP contribution in [0.25, 0.3) is 0 Å². The topological polar surface area (TPSA) is 83.6 Å². The number of carbonyl (C=O) groups is 1. The van der Waals surface area contributed by atoms with Gasteiger partial charge in [-0.15, -0.1) is 12.4 Å². The van der Waals surface area contributed by atoms with E-state index in [1.165, 1.54) is 6.07 Å². The number of nitrogens with two attached hydrogens (primary N) is 1. The first-order valence-electron chi connectivity index (χ1n) is 5.29. The summed E-state index contributed by atoms with van der Waals surface area (Å²) in [7, 11) is 0. The van der Waals surface area contributed by atoms with Crippen molar-refractivity contribution in [2.75, 3.05) is 0 Å². The minimum absolute atomic E-state index is 0. The van der Waals surface area contributed by atoms with E-state index in [4.69, 9.17) is 10.8 Å². The quantitative estimate of drug-likeness (QED) is 0.776. The Balaban J connectivity index is 0.00000256. The van der Waals surface area contributed by atoms with Crippen LogP contribution in [0.5, 0.6) is 5.75 Å². The minimum Gasteiger partial charge on any atom is -0.507 e. The molecular formula is C12H18ClNO3. The predicted octanol–water partition coefficient (Wildman–Crippen LogP) is 2.62. The van der Waals surface area contributed by atoms with Crippen LogP contribution in [0.1, 0.15) is 47.3 Å². The molecule has 0 aliphatic heterocycles. The molecule has 1 atom stereocenters.